The fraction of sp³-hybridized carbons (Fsp3) is 0.0800. The second kappa shape index (κ2) is 9.16. The molecule has 0 saturated carbocycles. The van der Waals surface area contributed by atoms with E-state index >= 15 is 0 Å². The Bertz CT molecular complexity index is 1510. The van der Waals surface area contributed by atoms with Gasteiger partial charge in [-0.05, 0) is 71.3 Å². The van der Waals surface area contributed by atoms with E-state index in [0.29, 0.717) is 29.5 Å². The van der Waals surface area contributed by atoms with Gasteiger partial charge in [0.25, 0.3) is 5.91 Å². The third-order valence-corrected chi connectivity index (χ3v) is 6.43. The maximum absolute atomic E-state index is 12.7. The first-order chi connectivity index (χ1) is 16.9. The summed E-state index contributed by atoms with van der Waals surface area (Å²) in [7, 11) is -3.82. The number of anilines is 3. The van der Waals surface area contributed by atoms with Gasteiger partial charge < -0.3 is 15.0 Å². The van der Waals surface area contributed by atoms with E-state index in [1.165, 1.54) is 12.1 Å². The molecule has 5 rings (SSSR count). The van der Waals surface area contributed by atoms with Crippen molar-refractivity contribution < 1.29 is 17.9 Å². The summed E-state index contributed by atoms with van der Waals surface area (Å²) in [5, 5.41) is 8.34. The van der Waals surface area contributed by atoms with Crippen molar-refractivity contribution >= 4 is 33.1 Å². The molecular formula is C25H21N5O4S. The molecule has 0 aliphatic carbocycles. The molecule has 0 radical (unpaired) electrons. The summed E-state index contributed by atoms with van der Waals surface area (Å²) in [4.78, 5) is 22.8. The van der Waals surface area contributed by atoms with Crippen LogP contribution in [0.5, 0.6) is 5.75 Å². The molecule has 0 atom stereocenters. The standard InChI is InChI=1S/C25H21N5O4S/c26-35(32,33)21-3-1-2-20(14-21)29-24-13-19(8-11-28-24)18-4-5-23-22(12-18)30(25(31)16-34-23)15-17-6-9-27-10-7-17/h1-14H,15-16H2,(H,28,29)(H2,26,32,33). The van der Waals surface area contributed by atoms with Gasteiger partial charge in [0.05, 0.1) is 17.1 Å². The number of nitrogens with one attached hydrogen (secondary N) is 1. The van der Waals surface area contributed by atoms with E-state index in [2.05, 4.69) is 15.3 Å². The van der Waals surface area contributed by atoms with E-state index in [1.54, 1.807) is 35.6 Å². The molecule has 0 saturated heterocycles. The monoisotopic (exact) mass is 487 g/mol. The maximum atomic E-state index is 12.7. The van der Waals surface area contributed by atoms with Gasteiger partial charge in [0.15, 0.2) is 6.61 Å². The highest BCUT2D eigenvalue weighted by Gasteiger charge is 2.26. The minimum atomic E-state index is -3.82. The van der Waals surface area contributed by atoms with Crippen LogP contribution in [-0.4, -0.2) is 30.9 Å². The number of sulfonamides is 1. The van der Waals surface area contributed by atoms with Gasteiger partial charge in [-0.1, -0.05) is 12.1 Å². The van der Waals surface area contributed by atoms with E-state index in [9.17, 15) is 13.2 Å². The van der Waals surface area contributed by atoms with Crippen LogP contribution in [0.4, 0.5) is 17.2 Å². The van der Waals surface area contributed by atoms with Crippen molar-refractivity contribution in [3.8, 4) is 16.9 Å². The third-order valence-electron chi connectivity index (χ3n) is 5.52. The quantitative estimate of drug-likeness (QED) is 0.426. The summed E-state index contributed by atoms with van der Waals surface area (Å²) in [6.45, 7) is 0.392. The summed E-state index contributed by atoms with van der Waals surface area (Å²) >= 11 is 0. The van der Waals surface area contributed by atoms with Crippen LogP contribution in [0.2, 0.25) is 0 Å². The zero-order valence-corrected chi connectivity index (χ0v) is 19.3. The number of amides is 1. The van der Waals surface area contributed by atoms with Gasteiger partial charge in [0.2, 0.25) is 10.0 Å². The number of carbonyl (C=O) groups excluding carboxylic acids is 1. The first kappa shape index (κ1) is 22.5. The van der Waals surface area contributed by atoms with Crippen LogP contribution in [-0.2, 0) is 21.4 Å². The van der Waals surface area contributed by atoms with Crippen molar-refractivity contribution in [1.82, 2.24) is 9.97 Å². The average molecular weight is 488 g/mol. The lowest BCUT2D eigenvalue weighted by Crippen LogP contribution is -2.38. The first-order valence-electron chi connectivity index (χ1n) is 10.7. The van der Waals surface area contributed by atoms with Crippen LogP contribution in [0.3, 0.4) is 0 Å². The second-order valence-electron chi connectivity index (χ2n) is 7.93. The number of nitrogens with two attached hydrogens (primary N) is 1. The lowest BCUT2D eigenvalue weighted by atomic mass is 10.0. The van der Waals surface area contributed by atoms with Crippen LogP contribution in [0.1, 0.15) is 5.56 Å². The van der Waals surface area contributed by atoms with E-state index in [-0.39, 0.29) is 17.4 Å². The average Bonchev–Trinajstić information content (AvgIpc) is 2.86. The highest BCUT2D eigenvalue weighted by molar-refractivity contribution is 7.89. The van der Waals surface area contributed by atoms with Crippen LogP contribution in [0.15, 0.2) is 90.2 Å². The lowest BCUT2D eigenvalue weighted by Gasteiger charge is -2.30. The summed E-state index contributed by atoms with van der Waals surface area (Å²) in [5.41, 5.74) is 3.90. The maximum Gasteiger partial charge on any atom is 0.265 e. The van der Waals surface area contributed by atoms with Crippen LogP contribution >= 0.6 is 0 Å². The molecule has 0 fully saturated rings. The summed E-state index contributed by atoms with van der Waals surface area (Å²) in [6, 6.07) is 19.3. The zero-order chi connectivity index (χ0) is 24.4. The highest BCUT2D eigenvalue weighted by atomic mass is 32.2. The largest absolute Gasteiger partial charge is 0.482 e. The predicted octanol–water partition coefficient (Wildman–Crippen LogP) is 3.46. The van der Waals surface area contributed by atoms with Crippen molar-refractivity contribution in [2.45, 2.75) is 11.4 Å². The molecule has 0 spiro atoms. The topological polar surface area (TPSA) is 128 Å². The number of carbonyl (C=O) groups is 1. The molecule has 9 nitrogen and oxygen atoms in total. The van der Waals surface area contributed by atoms with Crippen LogP contribution in [0.25, 0.3) is 11.1 Å². The van der Waals surface area contributed by atoms with Gasteiger partial charge in [0, 0.05) is 24.3 Å². The van der Waals surface area contributed by atoms with Crippen molar-refractivity contribution in [1.29, 1.82) is 0 Å². The van der Waals surface area contributed by atoms with Gasteiger partial charge in [-0.25, -0.2) is 18.5 Å². The number of hydrogen-bond acceptors (Lipinski definition) is 7. The van der Waals surface area contributed by atoms with Crippen LogP contribution < -0.4 is 20.1 Å². The Balaban J connectivity index is 1.45. The molecule has 0 unspecified atom stereocenters. The molecule has 2 aromatic carbocycles. The molecule has 3 N–H and O–H groups in total. The SMILES string of the molecule is NS(=O)(=O)c1cccc(Nc2cc(-c3ccc4c(c3)N(Cc3ccncc3)C(=O)CO4)ccn2)c1. The Hall–Kier alpha value is -4.28. The number of pyridine rings is 2. The van der Waals surface area contributed by atoms with Crippen molar-refractivity contribution in [3.63, 3.8) is 0 Å². The predicted molar refractivity (Wildman–Crippen MR) is 132 cm³/mol. The van der Waals surface area contributed by atoms with Gasteiger partial charge in [-0.15, -0.1) is 0 Å². The first-order valence-corrected chi connectivity index (χ1v) is 12.2. The summed E-state index contributed by atoms with van der Waals surface area (Å²) in [6.07, 6.45) is 5.04. The number of nitrogens with zero attached hydrogens (tertiary/aromatic N) is 3. The fourth-order valence-electron chi connectivity index (χ4n) is 3.80. The second-order valence-corrected chi connectivity index (χ2v) is 9.50. The Morgan fingerprint density at radius 2 is 1.77 bits per heavy atom. The number of aromatic nitrogens is 2. The Kier molecular flexibility index (Phi) is 5.89. The molecule has 2 aromatic heterocycles. The van der Waals surface area contributed by atoms with E-state index < -0.39 is 10.0 Å². The molecule has 1 aliphatic rings. The van der Waals surface area contributed by atoms with E-state index in [0.717, 1.165) is 16.7 Å². The number of ether oxygens (including phenoxy) is 1. The Morgan fingerprint density at radius 3 is 2.57 bits per heavy atom. The third kappa shape index (κ3) is 4.98. The highest BCUT2D eigenvalue weighted by Crippen LogP contribution is 2.37. The molecule has 35 heavy (non-hydrogen) atoms. The summed E-state index contributed by atoms with van der Waals surface area (Å²) in [5.74, 6) is 1.03. The number of fused-ring (bicyclic) bond motifs is 1. The lowest BCUT2D eigenvalue weighted by molar-refractivity contribution is -0.121. The number of rotatable bonds is 6. The molecule has 4 aromatic rings. The number of hydrogen-bond donors (Lipinski definition) is 2. The van der Waals surface area contributed by atoms with Crippen molar-refractivity contribution in [2.75, 3.05) is 16.8 Å². The minimum absolute atomic E-state index is 0.00676. The van der Waals surface area contributed by atoms with Crippen molar-refractivity contribution in [3.05, 3.63) is 90.9 Å². The molecule has 1 aliphatic heterocycles. The smallest absolute Gasteiger partial charge is 0.265 e. The van der Waals surface area contributed by atoms with E-state index in [1.807, 2.05) is 42.5 Å². The fourth-order valence-corrected chi connectivity index (χ4v) is 4.36. The summed E-state index contributed by atoms with van der Waals surface area (Å²) < 4.78 is 29.0. The molecule has 176 valence electrons. The van der Waals surface area contributed by atoms with Crippen molar-refractivity contribution in [2.24, 2.45) is 5.14 Å². The zero-order valence-electron chi connectivity index (χ0n) is 18.5. The number of primary sulfonamides is 1. The molecule has 0 bridgehead atoms. The Morgan fingerprint density at radius 1 is 0.971 bits per heavy atom. The molecule has 10 heteroatoms. The number of benzene rings is 2. The Labute approximate surface area is 202 Å². The van der Waals surface area contributed by atoms with Gasteiger partial charge >= 0.3 is 0 Å². The van der Waals surface area contributed by atoms with Gasteiger partial charge in [-0.3, -0.25) is 9.78 Å². The van der Waals surface area contributed by atoms with Gasteiger partial charge in [-0.2, -0.15) is 0 Å². The van der Waals surface area contributed by atoms with Crippen LogP contribution in [0, 0.1) is 0 Å². The van der Waals surface area contributed by atoms with Gasteiger partial charge in [0.1, 0.15) is 11.6 Å². The van der Waals surface area contributed by atoms with E-state index in [4.69, 9.17) is 9.88 Å². The molecule has 1 amide bonds. The molecule has 3 heterocycles. The molecular weight excluding hydrogens is 466 g/mol. The normalized spacial score (nSPS) is 13.2. The minimum Gasteiger partial charge on any atom is -0.482 e.